The van der Waals surface area contributed by atoms with Crippen LogP contribution in [-0.4, -0.2) is 23.8 Å². The molecule has 0 bridgehead atoms. The quantitative estimate of drug-likeness (QED) is 0.653. The van der Waals surface area contributed by atoms with Gasteiger partial charge in [0.25, 0.3) is 0 Å². The highest BCUT2D eigenvalue weighted by atomic mass is 16.6. The molecule has 0 aliphatic carbocycles. The maximum Gasteiger partial charge on any atom is 0.408 e. The lowest BCUT2D eigenvalue weighted by Gasteiger charge is -2.37. The normalized spacial score (nSPS) is 15.3. The number of rotatable bonds is 9. The monoisotopic (exact) mass is 314 g/mol. The summed E-state index contributed by atoms with van der Waals surface area (Å²) in [4.78, 5) is 12.2. The predicted molar refractivity (Wildman–Crippen MR) is 94.0 cm³/mol. The molecule has 1 unspecified atom stereocenters. The number of alkyl carbamates (subject to hydrolysis) is 1. The Balaban J connectivity index is 4.95. The minimum atomic E-state index is -0.488. The van der Waals surface area contributed by atoms with E-state index in [4.69, 9.17) is 10.5 Å². The van der Waals surface area contributed by atoms with E-state index in [2.05, 4.69) is 33.0 Å². The topological polar surface area (TPSA) is 64.3 Å². The van der Waals surface area contributed by atoms with Crippen molar-refractivity contribution >= 4 is 6.09 Å². The molecule has 0 saturated carbocycles. The molecule has 0 aromatic rings. The molecule has 1 atom stereocenters. The molecule has 0 spiro atoms. The second kappa shape index (κ2) is 8.76. The SMILES string of the molecule is CCCCC(CN)(CCC(C)(C)CC)NC(=O)OC(C)(C)C. The van der Waals surface area contributed by atoms with Crippen LogP contribution in [0.5, 0.6) is 0 Å². The first-order valence-corrected chi connectivity index (χ1v) is 8.70. The van der Waals surface area contributed by atoms with Crippen molar-refractivity contribution in [3.63, 3.8) is 0 Å². The van der Waals surface area contributed by atoms with Crippen LogP contribution in [0.4, 0.5) is 4.79 Å². The smallest absolute Gasteiger partial charge is 0.408 e. The Kier molecular flexibility index (Phi) is 8.45. The van der Waals surface area contributed by atoms with Gasteiger partial charge in [-0.15, -0.1) is 0 Å². The first kappa shape index (κ1) is 21.2. The number of nitrogens with two attached hydrogens (primary N) is 1. The molecule has 0 fully saturated rings. The van der Waals surface area contributed by atoms with Crippen molar-refractivity contribution in [2.45, 2.75) is 98.1 Å². The average Bonchev–Trinajstić information content (AvgIpc) is 2.40. The molecule has 1 amide bonds. The Hall–Kier alpha value is -0.770. The van der Waals surface area contributed by atoms with Gasteiger partial charge < -0.3 is 15.8 Å². The van der Waals surface area contributed by atoms with Crippen LogP contribution >= 0.6 is 0 Å². The van der Waals surface area contributed by atoms with E-state index in [1.54, 1.807) is 0 Å². The van der Waals surface area contributed by atoms with Crippen LogP contribution in [0, 0.1) is 5.41 Å². The summed E-state index contributed by atoms with van der Waals surface area (Å²) < 4.78 is 5.43. The van der Waals surface area contributed by atoms with Gasteiger partial charge in [-0.2, -0.15) is 0 Å². The van der Waals surface area contributed by atoms with Gasteiger partial charge in [0.05, 0.1) is 5.54 Å². The zero-order chi connectivity index (χ0) is 17.4. The number of hydrogen-bond donors (Lipinski definition) is 2. The first-order chi connectivity index (χ1) is 9.99. The molecule has 3 N–H and O–H groups in total. The lowest BCUT2D eigenvalue weighted by atomic mass is 9.78. The van der Waals surface area contributed by atoms with Gasteiger partial charge in [-0.1, -0.05) is 47.0 Å². The Labute approximate surface area is 137 Å². The number of nitrogens with one attached hydrogen (secondary N) is 1. The molecule has 4 nitrogen and oxygen atoms in total. The molecule has 0 aromatic carbocycles. The first-order valence-electron chi connectivity index (χ1n) is 8.70. The van der Waals surface area contributed by atoms with Gasteiger partial charge in [-0.05, 0) is 45.4 Å². The van der Waals surface area contributed by atoms with Crippen molar-refractivity contribution in [2.75, 3.05) is 6.54 Å². The van der Waals surface area contributed by atoms with Crippen molar-refractivity contribution in [3.05, 3.63) is 0 Å². The summed E-state index contributed by atoms with van der Waals surface area (Å²) in [6.07, 6.45) is 5.74. The van der Waals surface area contributed by atoms with Crippen molar-refractivity contribution in [1.82, 2.24) is 5.32 Å². The maximum atomic E-state index is 12.2. The van der Waals surface area contributed by atoms with Crippen molar-refractivity contribution in [3.8, 4) is 0 Å². The molecule has 0 heterocycles. The minimum Gasteiger partial charge on any atom is -0.444 e. The van der Waals surface area contributed by atoms with E-state index in [0.717, 1.165) is 38.5 Å². The molecule has 0 saturated heterocycles. The molecule has 22 heavy (non-hydrogen) atoms. The van der Waals surface area contributed by atoms with Crippen molar-refractivity contribution in [1.29, 1.82) is 0 Å². The largest absolute Gasteiger partial charge is 0.444 e. The zero-order valence-electron chi connectivity index (χ0n) is 15.8. The zero-order valence-corrected chi connectivity index (χ0v) is 15.8. The summed E-state index contributed by atoms with van der Waals surface area (Å²) in [7, 11) is 0. The number of amides is 1. The predicted octanol–water partition coefficient (Wildman–Crippen LogP) is 4.62. The van der Waals surface area contributed by atoms with Gasteiger partial charge in [0.1, 0.15) is 5.60 Å². The fourth-order valence-corrected chi connectivity index (χ4v) is 2.29. The standard InChI is InChI=1S/C18H38N2O2/c1-8-10-11-18(14-19,13-12-17(6,7)9-2)20-15(21)22-16(3,4)5/h8-14,19H2,1-7H3,(H,20,21). The molecule has 0 aromatic heterocycles. The van der Waals surface area contributed by atoms with Crippen molar-refractivity contribution < 1.29 is 9.53 Å². The van der Waals surface area contributed by atoms with E-state index in [1.165, 1.54) is 0 Å². The second-order valence-electron chi connectivity index (χ2n) is 8.23. The van der Waals surface area contributed by atoms with Gasteiger partial charge in [0.15, 0.2) is 0 Å². The number of carbonyl (C=O) groups excluding carboxylic acids is 1. The second-order valence-corrected chi connectivity index (χ2v) is 8.23. The molecule has 0 aliphatic rings. The molecule has 132 valence electrons. The molecule has 4 heteroatoms. The van der Waals surface area contributed by atoms with E-state index in [-0.39, 0.29) is 17.0 Å². The van der Waals surface area contributed by atoms with Crippen LogP contribution in [0.15, 0.2) is 0 Å². The molecule has 0 rings (SSSR count). The van der Waals surface area contributed by atoms with Gasteiger partial charge in [-0.25, -0.2) is 4.79 Å². The van der Waals surface area contributed by atoms with Crippen LogP contribution in [0.2, 0.25) is 0 Å². The van der Waals surface area contributed by atoms with Crippen LogP contribution in [-0.2, 0) is 4.74 Å². The van der Waals surface area contributed by atoms with Crippen molar-refractivity contribution in [2.24, 2.45) is 11.1 Å². The Morgan fingerprint density at radius 1 is 1.05 bits per heavy atom. The average molecular weight is 315 g/mol. The minimum absolute atomic E-state index is 0.266. The van der Waals surface area contributed by atoms with Gasteiger partial charge in [0, 0.05) is 6.54 Å². The summed E-state index contributed by atoms with van der Waals surface area (Å²) in [5.41, 5.74) is 5.48. The fraction of sp³-hybridized carbons (Fsp3) is 0.944. The summed E-state index contributed by atoms with van der Waals surface area (Å²) in [5.74, 6) is 0. The highest BCUT2D eigenvalue weighted by molar-refractivity contribution is 5.68. The number of carbonyl (C=O) groups is 1. The number of ether oxygens (including phenoxy) is 1. The highest BCUT2D eigenvalue weighted by Gasteiger charge is 2.33. The summed E-state index contributed by atoms with van der Waals surface area (Å²) in [5, 5.41) is 3.08. The van der Waals surface area contributed by atoms with E-state index < -0.39 is 5.60 Å². The highest BCUT2D eigenvalue weighted by Crippen LogP contribution is 2.31. The van der Waals surface area contributed by atoms with Gasteiger partial charge >= 0.3 is 6.09 Å². The van der Waals surface area contributed by atoms with Gasteiger partial charge in [0.2, 0.25) is 0 Å². The van der Waals surface area contributed by atoms with E-state index in [1.807, 2.05) is 20.8 Å². The molecular weight excluding hydrogens is 276 g/mol. The van der Waals surface area contributed by atoms with Crippen LogP contribution in [0.3, 0.4) is 0 Å². The lowest BCUT2D eigenvalue weighted by molar-refractivity contribution is 0.0433. The number of unbranched alkanes of at least 4 members (excludes halogenated alkanes) is 1. The summed E-state index contributed by atoms with van der Waals surface area (Å²) in [6, 6.07) is 0. The number of hydrogen-bond acceptors (Lipinski definition) is 3. The van der Waals surface area contributed by atoms with Crippen LogP contribution in [0.25, 0.3) is 0 Å². The lowest BCUT2D eigenvalue weighted by Crippen LogP contribution is -2.55. The third kappa shape index (κ3) is 8.62. The van der Waals surface area contributed by atoms with Crippen LogP contribution in [0.1, 0.15) is 87.0 Å². The third-order valence-corrected chi connectivity index (χ3v) is 4.40. The Morgan fingerprint density at radius 2 is 1.64 bits per heavy atom. The molecule has 0 aliphatic heterocycles. The Morgan fingerprint density at radius 3 is 2.05 bits per heavy atom. The molecular formula is C18H38N2O2. The molecule has 0 radical (unpaired) electrons. The van der Waals surface area contributed by atoms with Crippen LogP contribution < -0.4 is 11.1 Å². The summed E-state index contributed by atoms with van der Waals surface area (Å²) >= 11 is 0. The van der Waals surface area contributed by atoms with E-state index in [9.17, 15) is 4.79 Å². The van der Waals surface area contributed by atoms with E-state index >= 15 is 0 Å². The fourth-order valence-electron chi connectivity index (χ4n) is 2.29. The Bertz CT molecular complexity index is 334. The summed E-state index contributed by atoms with van der Waals surface area (Å²) in [6.45, 7) is 15.0. The maximum absolute atomic E-state index is 12.2. The van der Waals surface area contributed by atoms with Gasteiger partial charge in [-0.3, -0.25) is 0 Å². The third-order valence-electron chi connectivity index (χ3n) is 4.40. The van der Waals surface area contributed by atoms with E-state index in [0.29, 0.717) is 6.54 Å².